The molecular formula is C16H25ClN2O2. The van der Waals surface area contributed by atoms with E-state index in [0.29, 0.717) is 17.5 Å². The average Bonchev–Trinajstić information content (AvgIpc) is 2.47. The van der Waals surface area contributed by atoms with E-state index in [1.807, 2.05) is 6.20 Å². The Kier molecular flexibility index (Phi) is 6.90. The van der Waals surface area contributed by atoms with Gasteiger partial charge in [0.2, 0.25) is 0 Å². The highest BCUT2D eigenvalue weighted by molar-refractivity contribution is 6.31. The van der Waals surface area contributed by atoms with Crippen LogP contribution in [0, 0.1) is 5.92 Å². The van der Waals surface area contributed by atoms with Crippen LogP contribution in [0.15, 0.2) is 12.4 Å². The minimum atomic E-state index is -0.0977. The summed E-state index contributed by atoms with van der Waals surface area (Å²) in [7, 11) is 0. The van der Waals surface area contributed by atoms with Crippen molar-refractivity contribution in [2.45, 2.75) is 52.6 Å². The smallest absolute Gasteiger partial charge is 0.158 e. The van der Waals surface area contributed by atoms with Crippen molar-refractivity contribution < 1.29 is 9.47 Å². The van der Waals surface area contributed by atoms with Crippen LogP contribution >= 0.6 is 11.6 Å². The molecule has 1 aromatic rings. The molecule has 2 heterocycles. The fourth-order valence-corrected chi connectivity index (χ4v) is 2.56. The molecule has 0 aromatic carbocycles. The van der Waals surface area contributed by atoms with Crippen molar-refractivity contribution in [2.24, 2.45) is 5.92 Å². The predicted molar refractivity (Wildman–Crippen MR) is 84.2 cm³/mol. The second-order valence-corrected chi connectivity index (χ2v) is 6.30. The van der Waals surface area contributed by atoms with Crippen LogP contribution in [0.4, 0.5) is 0 Å². The van der Waals surface area contributed by atoms with E-state index in [9.17, 15) is 0 Å². The highest BCUT2D eigenvalue weighted by Gasteiger charge is 2.16. The van der Waals surface area contributed by atoms with Crippen LogP contribution in [0.1, 0.15) is 44.2 Å². The fraction of sp³-hybridized carbons (Fsp3) is 0.688. The molecule has 21 heavy (non-hydrogen) atoms. The molecule has 0 bridgehead atoms. The van der Waals surface area contributed by atoms with Crippen molar-refractivity contribution in [1.82, 2.24) is 10.3 Å². The molecule has 1 fully saturated rings. The summed E-state index contributed by atoms with van der Waals surface area (Å²) in [5.74, 6) is 0.618. The molecule has 1 aliphatic rings. The quantitative estimate of drug-likeness (QED) is 0.836. The van der Waals surface area contributed by atoms with Crippen LogP contribution in [0.25, 0.3) is 0 Å². The lowest BCUT2D eigenvalue weighted by Gasteiger charge is -2.23. The number of aromatic nitrogens is 1. The molecule has 0 amide bonds. The van der Waals surface area contributed by atoms with Gasteiger partial charge in [0.25, 0.3) is 0 Å². The number of hydrogen-bond acceptors (Lipinski definition) is 4. The normalized spacial score (nSPS) is 19.1. The molecule has 1 aromatic heterocycles. The molecule has 1 atom stereocenters. The van der Waals surface area contributed by atoms with E-state index in [0.717, 1.165) is 50.1 Å². The standard InChI is InChI=1S/C16H25ClN2O2/c1-12(2)7-18-8-13-9-19-10-15(17)14(13)11-21-16-5-3-4-6-20-16/h9-10,12,16,18H,3-8,11H2,1-2H3. The van der Waals surface area contributed by atoms with Gasteiger partial charge in [-0.25, -0.2) is 0 Å². The van der Waals surface area contributed by atoms with Gasteiger partial charge < -0.3 is 14.8 Å². The van der Waals surface area contributed by atoms with Crippen LogP contribution in [-0.4, -0.2) is 24.4 Å². The molecule has 2 rings (SSSR count). The first-order valence-electron chi connectivity index (χ1n) is 7.72. The molecule has 1 unspecified atom stereocenters. The number of nitrogens with zero attached hydrogens (tertiary/aromatic N) is 1. The molecule has 1 N–H and O–H groups in total. The lowest BCUT2D eigenvalue weighted by atomic mass is 10.1. The van der Waals surface area contributed by atoms with E-state index < -0.39 is 0 Å². The molecule has 0 radical (unpaired) electrons. The average molecular weight is 313 g/mol. The summed E-state index contributed by atoms with van der Waals surface area (Å²) in [6.45, 7) is 7.37. The van der Waals surface area contributed by atoms with E-state index >= 15 is 0 Å². The van der Waals surface area contributed by atoms with Crippen molar-refractivity contribution >= 4 is 11.6 Å². The maximum Gasteiger partial charge on any atom is 0.158 e. The molecular weight excluding hydrogens is 288 g/mol. The SMILES string of the molecule is CC(C)CNCc1cncc(Cl)c1COC1CCCCO1. The summed E-state index contributed by atoms with van der Waals surface area (Å²) in [6, 6.07) is 0. The van der Waals surface area contributed by atoms with E-state index in [1.165, 1.54) is 0 Å². The van der Waals surface area contributed by atoms with Gasteiger partial charge in [-0.1, -0.05) is 25.4 Å². The van der Waals surface area contributed by atoms with Crippen molar-refractivity contribution in [3.05, 3.63) is 28.5 Å². The number of halogens is 1. The van der Waals surface area contributed by atoms with Gasteiger partial charge in [-0.3, -0.25) is 4.98 Å². The van der Waals surface area contributed by atoms with Crippen LogP contribution in [0.2, 0.25) is 5.02 Å². The highest BCUT2D eigenvalue weighted by atomic mass is 35.5. The monoisotopic (exact) mass is 312 g/mol. The Morgan fingerprint density at radius 3 is 3.00 bits per heavy atom. The van der Waals surface area contributed by atoms with Gasteiger partial charge >= 0.3 is 0 Å². The first-order valence-corrected chi connectivity index (χ1v) is 8.09. The third-order valence-corrected chi connectivity index (χ3v) is 3.84. The predicted octanol–water partition coefficient (Wildman–Crippen LogP) is 3.52. The van der Waals surface area contributed by atoms with E-state index in [-0.39, 0.29) is 6.29 Å². The van der Waals surface area contributed by atoms with Crippen molar-refractivity contribution in [3.63, 3.8) is 0 Å². The molecule has 5 heteroatoms. The molecule has 0 saturated carbocycles. The zero-order chi connectivity index (χ0) is 15.1. The van der Waals surface area contributed by atoms with Crippen molar-refractivity contribution in [1.29, 1.82) is 0 Å². The van der Waals surface area contributed by atoms with Crippen molar-refractivity contribution in [3.8, 4) is 0 Å². The largest absolute Gasteiger partial charge is 0.353 e. The Morgan fingerprint density at radius 1 is 1.43 bits per heavy atom. The molecule has 0 aliphatic carbocycles. The van der Waals surface area contributed by atoms with Gasteiger partial charge in [0, 0.05) is 31.1 Å². The molecule has 118 valence electrons. The Hall–Kier alpha value is -0.680. The van der Waals surface area contributed by atoms with Crippen LogP contribution in [-0.2, 0) is 22.6 Å². The summed E-state index contributed by atoms with van der Waals surface area (Å²) in [6.07, 6.45) is 6.69. The maximum absolute atomic E-state index is 6.28. The Labute approximate surface area is 132 Å². The van der Waals surface area contributed by atoms with Gasteiger partial charge in [-0.2, -0.15) is 0 Å². The fourth-order valence-electron chi connectivity index (χ4n) is 2.33. The van der Waals surface area contributed by atoms with E-state index in [2.05, 4.69) is 24.1 Å². The first-order chi connectivity index (χ1) is 10.2. The van der Waals surface area contributed by atoms with Gasteiger partial charge in [0.05, 0.1) is 11.6 Å². The summed E-state index contributed by atoms with van der Waals surface area (Å²) in [5.41, 5.74) is 2.11. The topological polar surface area (TPSA) is 43.4 Å². The van der Waals surface area contributed by atoms with E-state index in [4.69, 9.17) is 21.1 Å². The zero-order valence-electron chi connectivity index (χ0n) is 12.9. The Bertz CT molecular complexity index is 434. The molecule has 1 saturated heterocycles. The third kappa shape index (κ3) is 5.55. The number of rotatable bonds is 7. The summed E-state index contributed by atoms with van der Waals surface area (Å²) in [5, 5.41) is 4.08. The van der Waals surface area contributed by atoms with Gasteiger partial charge in [0.1, 0.15) is 0 Å². The van der Waals surface area contributed by atoms with Crippen molar-refractivity contribution in [2.75, 3.05) is 13.2 Å². The van der Waals surface area contributed by atoms with Gasteiger partial charge in [-0.15, -0.1) is 0 Å². The maximum atomic E-state index is 6.28. The second-order valence-electron chi connectivity index (χ2n) is 5.89. The highest BCUT2D eigenvalue weighted by Crippen LogP contribution is 2.22. The van der Waals surface area contributed by atoms with E-state index in [1.54, 1.807) is 6.20 Å². The Balaban J connectivity index is 1.92. The van der Waals surface area contributed by atoms with Crippen LogP contribution in [0.5, 0.6) is 0 Å². The number of ether oxygens (including phenoxy) is 2. The number of nitrogens with one attached hydrogen (secondary N) is 1. The number of hydrogen-bond donors (Lipinski definition) is 1. The second kappa shape index (κ2) is 8.69. The lowest BCUT2D eigenvalue weighted by molar-refractivity contribution is -0.169. The van der Waals surface area contributed by atoms with Crippen LogP contribution in [0.3, 0.4) is 0 Å². The van der Waals surface area contributed by atoms with Gasteiger partial charge in [-0.05, 0) is 37.3 Å². The Morgan fingerprint density at radius 2 is 2.29 bits per heavy atom. The van der Waals surface area contributed by atoms with Gasteiger partial charge in [0.15, 0.2) is 6.29 Å². The molecule has 1 aliphatic heterocycles. The minimum absolute atomic E-state index is 0.0977. The number of pyridine rings is 1. The molecule has 4 nitrogen and oxygen atoms in total. The first kappa shape index (κ1) is 16.7. The third-order valence-electron chi connectivity index (χ3n) is 3.51. The lowest BCUT2D eigenvalue weighted by Crippen LogP contribution is -2.23. The zero-order valence-corrected chi connectivity index (χ0v) is 13.7. The molecule has 0 spiro atoms. The van der Waals surface area contributed by atoms with Crippen LogP contribution < -0.4 is 5.32 Å². The summed E-state index contributed by atoms with van der Waals surface area (Å²) in [4.78, 5) is 4.18. The summed E-state index contributed by atoms with van der Waals surface area (Å²) >= 11 is 6.28. The summed E-state index contributed by atoms with van der Waals surface area (Å²) < 4.78 is 11.5. The minimum Gasteiger partial charge on any atom is -0.353 e.